The van der Waals surface area contributed by atoms with Gasteiger partial charge < -0.3 is 4.90 Å². The number of hydrogen-bond donors (Lipinski definition) is 1. The molecule has 3 aromatic rings. The number of benzene rings is 2. The van der Waals surface area contributed by atoms with E-state index in [-0.39, 0.29) is 5.91 Å². The molecule has 2 heterocycles. The number of aromatic nitrogens is 2. The summed E-state index contributed by atoms with van der Waals surface area (Å²) >= 11 is 7.75. The highest BCUT2D eigenvalue weighted by molar-refractivity contribution is 7.98. The first-order chi connectivity index (χ1) is 11.6. The summed E-state index contributed by atoms with van der Waals surface area (Å²) in [6.07, 6.45) is 0. The van der Waals surface area contributed by atoms with Crippen molar-refractivity contribution >= 4 is 35.0 Å². The molecular formula is C18H14ClN3OS. The summed E-state index contributed by atoms with van der Waals surface area (Å²) in [7, 11) is 1.74. The molecule has 1 aliphatic rings. The number of nitrogens with one attached hydrogen (secondary N) is 1. The number of carbonyl (C=O) groups is 1. The van der Waals surface area contributed by atoms with Crippen molar-refractivity contribution in [3.8, 4) is 11.3 Å². The van der Waals surface area contributed by atoms with Crippen molar-refractivity contribution in [1.82, 2.24) is 10.2 Å². The third-order valence-corrected chi connectivity index (χ3v) is 5.43. The predicted molar refractivity (Wildman–Crippen MR) is 97.8 cm³/mol. The van der Waals surface area contributed by atoms with Crippen LogP contribution in [0.1, 0.15) is 16.1 Å². The fourth-order valence-corrected chi connectivity index (χ4v) is 4.08. The summed E-state index contributed by atoms with van der Waals surface area (Å²) in [6.45, 7) is 0. The number of nitrogens with zero attached hydrogens (tertiary/aromatic N) is 2. The van der Waals surface area contributed by atoms with Crippen LogP contribution in [0.3, 0.4) is 0 Å². The molecule has 0 fully saturated rings. The number of rotatable bonds is 2. The van der Waals surface area contributed by atoms with Crippen LogP contribution in [0.4, 0.5) is 5.69 Å². The van der Waals surface area contributed by atoms with E-state index in [1.165, 1.54) is 4.90 Å². The number of amides is 1. The van der Waals surface area contributed by atoms with Crippen LogP contribution in [0.25, 0.3) is 11.3 Å². The highest BCUT2D eigenvalue weighted by atomic mass is 35.5. The van der Waals surface area contributed by atoms with E-state index in [0.29, 0.717) is 10.7 Å². The molecule has 1 N–H and O–H groups in total. The Hall–Kier alpha value is -2.24. The Labute approximate surface area is 148 Å². The molecule has 0 bridgehead atoms. The minimum absolute atomic E-state index is 0.144. The van der Waals surface area contributed by atoms with Crippen molar-refractivity contribution in [1.29, 1.82) is 0 Å². The molecule has 24 heavy (non-hydrogen) atoms. The third kappa shape index (κ3) is 2.50. The van der Waals surface area contributed by atoms with Crippen molar-refractivity contribution in [3.63, 3.8) is 0 Å². The molecule has 6 heteroatoms. The van der Waals surface area contributed by atoms with Crippen molar-refractivity contribution in [3.05, 3.63) is 64.8 Å². The van der Waals surface area contributed by atoms with Gasteiger partial charge in [-0.25, -0.2) is 0 Å². The monoisotopic (exact) mass is 355 g/mol. The third-order valence-electron chi connectivity index (χ3n) is 4.10. The quantitative estimate of drug-likeness (QED) is 0.730. The number of anilines is 1. The van der Waals surface area contributed by atoms with Gasteiger partial charge in [-0.05, 0) is 24.3 Å². The Morgan fingerprint density at radius 1 is 1.25 bits per heavy atom. The van der Waals surface area contributed by atoms with E-state index < -0.39 is 0 Å². The fourth-order valence-electron chi connectivity index (χ4n) is 2.82. The van der Waals surface area contributed by atoms with E-state index in [4.69, 9.17) is 11.6 Å². The van der Waals surface area contributed by atoms with E-state index in [1.54, 1.807) is 35.8 Å². The van der Waals surface area contributed by atoms with Gasteiger partial charge in [-0.2, -0.15) is 5.10 Å². The number of aromatic amines is 1. The minimum Gasteiger partial charge on any atom is -0.310 e. The molecule has 1 aromatic heterocycles. The van der Waals surface area contributed by atoms with Gasteiger partial charge in [0.15, 0.2) is 5.69 Å². The molecule has 4 rings (SSSR count). The first-order valence-corrected chi connectivity index (χ1v) is 8.84. The first kappa shape index (κ1) is 15.3. The van der Waals surface area contributed by atoms with E-state index in [0.717, 1.165) is 28.3 Å². The van der Waals surface area contributed by atoms with Gasteiger partial charge in [0.25, 0.3) is 5.91 Å². The summed E-state index contributed by atoms with van der Waals surface area (Å²) < 4.78 is 0. The molecule has 0 aliphatic carbocycles. The zero-order chi connectivity index (χ0) is 16.7. The lowest BCUT2D eigenvalue weighted by Gasteiger charge is -2.19. The number of fused-ring (bicyclic) bond motifs is 3. The number of hydrogen-bond acceptors (Lipinski definition) is 3. The lowest BCUT2D eigenvalue weighted by molar-refractivity contribution is 0.0987. The number of H-pyrrole nitrogens is 1. The van der Waals surface area contributed by atoms with Gasteiger partial charge in [0.2, 0.25) is 0 Å². The molecule has 4 nitrogen and oxygen atoms in total. The van der Waals surface area contributed by atoms with Crippen molar-refractivity contribution in [2.75, 3.05) is 11.9 Å². The second-order valence-corrected chi connectivity index (χ2v) is 7.01. The number of thioether (sulfide) groups is 1. The average Bonchev–Trinajstić information content (AvgIpc) is 3.05. The average molecular weight is 356 g/mol. The maximum absolute atomic E-state index is 12.9. The smallest absolute Gasteiger partial charge is 0.278 e. The van der Waals surface area contributed by atoms with Crippen LogP contribution in [-0.2, 0) is 5.75 Å². The minimum atomic E-state index is -0.144. The van der Waals surface area contributed by atoms with E-state index >= 15 is 0 Å². The van der Waals surface area contributed by atoms with E-state index in [1.807, 2.05) is 30.3 Å². The van der Waals surface area contributed by atoms with Gasteiger partial charge in [-0.15, -0.1) is 11.8 Å². The van der Waals surface area contributed by atoms with Crippen molar-refractivity contribution in [2.24, 2.45) is 0 Å². The van der Waals surface area contributed by atoms with Crippen molar-refractivity contribution in [2.45, 2.75) is 10.6 Å². The van der Waals surface area contributed by atoms with Crippen LogP contribution in [0.5, 0.6) is 0 Å². The molecule has 2 aromatic carbocycles. The molecule has 0 atom stereocenters. The van der Waals surface area contributed by atoms with E-state index in [2.05, 4.69) is 16.3 Å². The normalized spacial score (nSPS) is 12.4. The second kappa shape index (κ2) is 6.00. The van der Waals surface area contributed by atoms with Gasteiger partial charge in [0, 0.05) is 39.5 Å². The molecule has 120 valence electrons. The van der Waals surface area contributed by atoms with Gasteiger partial charge in [0.05, 0.1) is 5.69 Å². The summed E-state index contributed by atoms with van der Waals surface area (Å²) in [4.78, 5) is 15.7. The molecule has 0 saturated heterocycles. The Kier molecular flexibility index (Phi) is 3.82. The lowest BCUT2D eigenvalue weighted by atomic mass is 10.1. The lowest BCUT2D eigenvalue weighted by Crippen LogP contribution is -2.27. The van der Waals surface area contributed by atoms with Crippen LogP contribution in [0.15, 0.2) is 53.4 Å². The fraction of sp³-hybridized carbons (Fsp3) is 0.111. The largest absolute Gasteiger partial charge is 0.310 e. The Bertz CT molecular complexity index is 938. The molecule has 0 unspecified atom stereocenters. The zero-order valence-electron chi connectivity index (χ0n) is 12.9. The standard InChI is InChI=1S/C18H14ClN3OS/c1-22(12-6-4-5-11(19)9-12)18(23)17-14-10-24-15-8-3-2-7-13(15)16(14)20-21-17/h2-9H,10H2,1H3,(H,20,21). The van der Waals surface area contributed by atoms with Gasteiger partial charge in [-0.3, -0.25) is 9.89 Å². The molecule has 0 saturated carbocycles. The maximum atomic E-state index is 12.9. The van der Waals surface area contributed by atoms with Crippen molar-refractivity contribution < 1.29 is 4.79 Å². The van der Waals surface area contributed by atoms with Gasteiger partial charge in [0.1, 0.15) is 0 Å². The van der Waals surface area contributed by atoms with Crippen LogP contribution in [-0.4, -0.2) is 23.2 Å². The predicted octanol–water partition coefficient (Wildman–Crippen LogP) is 4.61. The second-order valence-electron chi connectivity index (χ2n) is 5.55. The topological polar surface area (TPSA) is 49.0 Å². The van der Waals surface area contributed by atoms with Crippen LogP contribution in [0, 0.1) is 0 Å². The summed E-state index contributed by atoms with van der Waals surface area (Å²) in [5.41, 5.74) is 4.20. The van der Waals surface area contributed by atoms with Gasteiger partial charge in [-0.1, -0.05) is 35.9 Å². The van der Waals surface area contributed by atoms with Gasteiger partial charge >= 0.3 is 0 Å². The maximum Gasteiger partial charge on any atom is 0.278 e. The van der Waals surface area contributed by atoms with Crippen LogP contribution in [0.2, 0.25) is 5.02 Å². The Morgan fingerprint density at radius 2 is 2.08 bits per heavy atom. The summed E-state index contributed by atoms with van der Waals surface area (Å²) in [5, 5.41) is 7.95. The molecule has 1 aliphatic heterocycles. The highest BCUT2D eigenvalue weighted by Gasteiger charge is 2.27. The SMILES string of the molecule is CN(C(=O)c1n[nH]c2c1CSc1ccccc1-2)c1cccc(Cl)c1. The van der Waals surface area contributed by atoms with E-state index in [9.17, 15) is 4.79 Å². The summed E-state index contributed by atoms with van der Waals surface area (Å²) in [5.74, 6) is 0.586. The number of carbonyl (C=O) groups excluding carboxylic acids is 1. The molecule has 0 radical (unpaired) electrons. The van der Waals surface area contributed by atoms with Crippen LogP contribution < -0.4 is 4.90 Å². The molecular weight excluding hydrogens is 342 g/mol. The number of halogens is 1. The van der Waals surface area contributed by atoms with Crippen LogP contribution >= 0.6 is 23.4 Å². The highest BCUT2D eigenvalue weighted by Crippen LogP contribution is 2.41. The Balaban J connectivity index is 1.72. The molecule has 1 amide bonds. The first-order valence-electron chi connectivity index (χ1n) is 7.48. The zero-order valence-corrected chi connectivity index (χ0v) is 14.5. The molecule has 0 spiro atoms. The Morgan fingerprint density at radius 3 is 2.92 bits per heavy atom. The summed E-state index contributed by atoms with van der Waals surface area (Å²) in [6, 6.07) is 15.4.